The van der Waals surface area contributed by atoms with Gasteiger partial charge in [-0.1, -0.05) is 12.1 Å². The van der Waals surface area contributed by atoms with Gasteiger partial charge in [-0.2, -0.15) is 13.2 Å². The van der Waals surface area contributed by atoms with Crippen LogP contribution in [0.4, 0.5) is 23.7 Å². The van der Waals surface area contributed by atoms with Crippen LogP contribution < -0.4 is 20.1 Å². The molecule has 0 aliphatic carbocycles. The largest absolute Gasteiger partial charge is 0.454 e. The molecule has 1 atom stereocenters. The Morgan fingerprint density at radius 2 is 1.91 bits per heavy atom. The topological polar surface area (TPSA) is 97.0 Å². The van der Waals surface area contributed by atoms with Crippen molar-refractivity contribution < 1.29 is 37.0 Å². The summed E-state index contributed by atoms with van der Waals surface area (Å²) in [5.74, 6) is -0.326. The first kappa shape index (κ1) is 21.5. The number of alkyl halides is 3. The standard InChI is InChI=1S/C21H18F3N3O5/c1-20(9-12-5-6-15-16(7-12)32-11-31-15)18(29)27(19(30)26-20)10-17(28)25-14-4-2-3-13(8-14)21(22,23)24/h2-8H,9-11H2,1H3,(H,25,28)(H,26,30). The molecule has 2 aliphatic rings. The van der Waals surface area contributed by atoms with E-state index in [4.69, 9.17) is 9.47 Å². The molecule has 0 aromatic heterocycles. The number of anilines is 1. The summed E-state index contributed by atoms with van der Waals surface area (Å²) in [6.07, 6.45) is -4.43. The van der Waals surface area contributed by atoms with Crippen molar-refractivity contribution in [3.8, 4) is 11.5 Å². The average Bonchev–Trinajstić information content (AvgIpc) is 3.25. The van der Waals surface area contributed by atoms with E-state index in [-0.39, 0.29) is 18.9 Å². The molecule has 0 spiro atoms. The zero-order valence-corrected chi connectivity index (χ0v) is 16.8. The minimum absolute atomic E-state index is 0.0972. The number of nitrogens with one attached hydrogen (secondary N) is 2. The second-order valence-corrected chi connectivity index (χ2v) is 7.64. The quantitative estimate of drug-likeness (QED) is 0.685. The van der Waals surface area contributed by atoms with Gasteiger partial charge in [-0.15, -0.1) is 0 Å². The molecular formula is C21H18F3N3O5. The molecular weight excluding hydrogens is 431 g/mol. The Bertz CT molecular complexity index is 1100. The summed E-state index contributed by atoms with van der Waals surface area (Å²) >= 11 is 0. The summed E-state index contributed by atoms with van der Waals surface area (Å²) in [4.78, 5) is 38.3. The molecule has 0 saturated carbocycles. The van der Waals surface area contributed by atoms with Crippen LogP contribution in [0.3, 0.4) is 0 Å². The molecule has 1 unspecified atom stereocenters. The summed E-state index contributed by atoms with van der Waals surface area (Å²) < 4.78 is 49.1. The number of halogens is 3. The molecule has 168 valence electrons. The Kier molecular flexibility index (Phi) is 5.19. The van der Waals surface area contributed by atoms with E-state index in [9.17, 15) is 27.6 Å². The van der Waals surface area contributed by atoms with Crippen molar-refractivity contribution in [2.45, 2.75) is 25.1 Å². The molecule has 1 fully saturated rings. The average molecular weight is 449 g/mol. The highest BCUT2D eigenvalue weighted by atomic mass is 19.4. The third-order valence-electron chi connectivity index (χ3n) is 5.12. The lowest BCUT2D eigenvalue weighted by atomic mass is 9.92. The fraction of sp³-hybridized carbons (Fsp3) is 0.286. The summed E-state index contributed by atoms with van der Waals surface area (Å²) in [7, 11) is 0. The number of imide groups is 1. The van der Waals surface area contributed by atoms with E-state index in [2.05, 4.69) is 10.6 Å². The van der Waals surface area contributed by atoms with Gasteiger partial charge >= 0.3 is 12.2 Å². The second-order valence-electron chi connectivity index (χ2n) is 7.64. The van der Waals surface area contributed by atoms with Crippen molar-refractivity contribution in [3.05, 3.63) is 53.6 Å². The highest BCUT2D eigenvalue weighted by molar-refractivity contribution is 6.10. The Labute approximate surface area is 180 Å². The van der Waals surface area contributed by atoms with E-state index < -0.39 is 41.7 Å². The van der Waals surface area contributed by atoms with E-state index in [0.29, 0.717) is 17.1 Å². The van der Waals surface area contributed by atoms with Crippen LogP contribution in [0.15, 0.2) is 42.5 Å². The van der Waals surface area contributed by atoms with Gasteiger partial charge in [0.15, 0.2) is 11.5 Å². The number of ether oxygens (including phenoxy) is 2. The zero-order valence-electron chi connectivity index (χ0n) is 16.8. The van der Waals surface area contributed by atoms with Gasteiger partial charge in [0, 0.05) is 12.1 Å². The van der Waals surface area contributed by atoms with Crippen molar-refractivity contribution in [1.29, 1.82) is 0 Å². The predicted molar refractivity (Wildman–Crippen MR) is 105 cm³/mol. The lowest BCUT2D eigenvalue weighted by Gasteiger charge is -2.22. The van der Waals surface area contributed by atoms with E-state index in [1.807, 2.05) is 0 Å². The lowest BCUT2D eigenvalue weighted by molar-refractivity contribution is -0.137. The molecule has 8 nitrogen and oxygen atoms in total. The number of hydrogen-bond donors (Lipinski definition) is 2. The number of carbonyl (C=O) groups excluding carboxylic acids is 3. The summed E-state index contributed by atoms with van der Waals surface area (Å²) in [6, 6.07) is 8.44. The monoisotopic (exact) mass is 449 g/mol. The maximum Gasteiger partial charge on any atom is 0.416 e. The molecule has 2 aromatic rings. The Hall–Kier alpha value is -3.76. The predicted octanol–water partition coefficient (Wildman–Crippen LogP) is 2.93. The van der Waals surface area contributed by atoms with Gasteiger partial charge in [-0.25, -0.2) is 4.79 Å². The van der Waals surface area contributed by atoms with E-state index in [1.165, 1.54) is 13.0 Å². The zero-order chi connectivity index (χ0) is 23.1. The Balaban J connectivity index is 1.43. The van der Waals surface area contributed by atoms with Crippen LogP contribution in [-0.2, 0) is 22.2 Å². The molecule has 2 aromatic carbocycles. The minimum Gasteiger partial charge on any atom is -0.454 e. The Morgan fingerprint density at radius 1 is 1.16 bits per heavy atom. The molecule has 2 aliphatic heterocycles. The maximum atomic E-state index is 12.9. The van der Waals surface area contributed by atoms with Crippen molar-refractivity contribution in [1.82, 2.24) is 10.2 Å². The van der Waals surface area contributed by atoms with E-state index >= 15 is 0 Å². The van der Waals surface area contributed by atoms with Crippen molar-refractivity contribution in [3.63, 3.8) is 0 Å². The first-order valence-electron chi connectivity index (χ1n) is 9.55. The minimum atomic E-state index is -4.57. The number of hydrogen-bond acceptors (Lipinski definition) is 5. The van der Waals surface area contributed by atoms with Crippen LogP contribution in [0.1, 0.15) is 18.1 Å². The number of fused-ring (bicyclic) bond motifs is 1. The van der Waals surface area contributed by atoms with Crippen molar-refractivity contribution in [2.24, 2.45) is 0 Å². The molecule has 4 rings (SSSR count). The SMILES string of the molecule is CC1(Cc2ccc3c(c2)OCO3)NC(=O)N(CC(=O)Nc2cccc(C(F)(F)F)c2)C1=O. The van der Waals surface area contributed by atoms with Gasteiger partial charge in [0.05, 0.1) is 5.56 Å². The van der Waals surface area contributed by atoms with Gasteiger partial charge < -0.3 is 20.1 Å². The highest BCUT2D eigenvalue weighted by Gasteiger charge is 2.48. The molecule has 32 heavy (non-hydrogen) atoms. The molecule has 2 N–H and O–H groups in total. The Morgan fingerprint density at radius 3 is 2.66 bits per heavy atom. The van der Waals surface area contributed by atoms with Gasteiger partial charge in [0.25, 0.3) is 5.91 Å². The normalized spacial score (nSPS) is 19.8. The molecule has 0 bridgehead atoms. The number of urea groups is 1. The smallest absolute Gasteiger partial charge is 0.416 e. The molecule has 1 saturated heterocycles. The summed E-state index contributed by atoms with van der Waals surface area (Å²) in [6.45, 7) is 0.987. The van der Waals surface area contributed by atoms with Crippen LogP contribution >= 0.6 is 0 Å². The third kappa shape index (κ3) is 4.18. The van der Waals surface area contributed by atoms with Crippen LogP contribution in [0, 0.1) is 0 Å². The van der Waals surface area contributed by atoms with Gasteiger partial charge in [0.1, 0.15) is 12.1 Å². The number of rotatable bonds is 5. The third-order valence-corrected chi connectivity index (χ3v) is 5.12. The fourth-order valence-electron chi connectivity index (χ4n) is 3.59. The van der Waals surface area contributed by atoms with Gasteiger partial charge in [0.2, 0.25) is 12.7 Å². The lowest BCUT2D eigenvalue weighted by Crippen LogP contribution is -2.46. The number of nitrogens with zero attached hydrogens (tertiary/aromatic N) is 1. The van der Waals surface area contributed by atoms with Gasteiger partial charge in [-0.05, 0) is 42.8 Å². The molecule has 0 radical (unpaired) electrons. The van der Waals surface area contributed by atoms with E-state index in [1.54, 1.807) is 18.2 Å². The van der Waals surface area contributed by atoms with E-state index in [0.717, 1.165) is 23.1 Å². The summed E-state index contributed by atoms with van der Waals surface area (Å²) in [5, 5.41) is 4.87. The number of amides is 4. The first-order chi connectivity index (χ1) is 15.0. The summed E-state index contributed by atoms with van der Waals surface area (Å²) in [5.41, 5.74) is -1.62. The fourth-order valence-corrected chi connectivity index (χ4v) is 3.59. The van der Waals surface area contributed by atoms with Crippen LogP contribution in [-0.4, -0.2) is 41.6 Å². The van der Waals surface area contributed by atoms with Crippen LogP contribution in [0.5, 0.6) is 11.5 Å². The molecule has 2 heterocycles. The highest BCUT2D eigenvalue weighted by Crippen LogP contribution is 2.34. The van der Waals surface area contributed by atoms with Crippen LogP contribution in [0.25, 0.3) is 0 Å². The molecule has 11 heteroatoms. The number of benzene rings is 2. The van der Waals surface area contributed by atoms with Crippen LogP contribution in [0.2, 0.25) is 0 Å². The van der Waals surface area contributed by atoms with Crippen molar-refractivity contribution in [2.75, 3.05) is 18.7 Å². The second kappa shape index (κ2) is 7.74. The first-order valence-corrected chi connectivity index (χ1v) is 9.55. The number of carbonyl (C=O) groups is 3. The molecule has 4 amide bonds. The maximum absolute atomic E-state index is 12.9. The van der Waals surface area contributed by atoms with Gasteiger partial charge in [-0.3, -0.25) is 14.5 Å². The van der Waals surface area contributed by atoms with Crippen molar-refractivity contribution >= 4 is 23.5 Å².